The monoisotopic (exact) mass is 254 g/mol. The molecule has 1 aliphatic carbocycles. The van der Waals surface area contributed by atoms with Crippen LogP contribution in [0.15, 0.2) is 0 Å². The number of rotatable bonds is 6. The van der Waals surface area contributed by atoms with E-state index in [-0.39, 0.29) is 5.92 Å². The lowest BCUT2D eigenvalue weighted by Crippen LogP contribution is -2.46. The lowest BCUT2D eigenvalue weighted by molar-refractivity contribution is -0.145. The van der Waals surface area contributed by atoms with Crippen molar-refractivity contribution in [3.8, 4) is 6.07 Å². The second-order valence-corrected chi connectivity index (χ2v) is 5.11. The molecule has 5 heteroatoms. The predicted molar refractivity (Wildman–Crippen MR) is 66.9 cm³/mol. The lowest BCUT2D eigenvalue weighted by atomic mass is 9.78. The molecule has 0 radical (unpaired) electrons. The Hall–Kier alpha value is -1.12. The smallest absolute Gasteiger partial charge is 0.306 e. The third kappa shape index (κ3) is 4.28. The van der Waals surface area contributed by atoms with Crippen LogP contribution in [0.5, 0.6) is 0 Å². The molecule has 2 N–H and O–H groups in total. The first kappa shape index (κ1) is 14.9. The fourth-order valence-corrected chi connectivity index (χ4v) is 2.53. The van der Waals surface area contributed by atoms with Gasteiger partial charge in [-0.15, -0.1) is 0 Å². The first-order valence-corrected chi connectivity index (χ1v) is 6.55. The van der Waals surface area contributed by atoms with E-state index in [2.05, 4.69) is 11.0 Å². The Morgan fingerprint density at radius 3 is 2.56 bits per heavy atom. The number of nitrogens with zero attached hydrogens (tertiary/aromatic N) is 2. The third-order valence-electron chi connectivity index (χ3n) is 3.77. The zero-order valence-electron chi connectivity index (χ0n) is 10.9. The molecular formula is C13H22N2O3. The maximum Gasteiger partial charge on any atom is 0.306 e. The highest BCUT2D eigenvalue weighted by Crippen LogP contribution is 2.32. The topological polar surface area (TPSA) is 84.6 Å². The van der Waals surface area contributed by atoms with Crippen LogP contribution in [0.1, 0.15) is 39.0 Å². The van der Waals surface area contributed by atoms with Crippen LogP contribution >= 0.6 is 0 Å². The first-order chi connectivity index (χ1) is 8.50. The van der Waals surface area contributed by atoms with Crippen molar-refractivity contribution >= 4 is 5.97 Å². The van der Waals surface area contributed by atoms with E-state index < -0.39 is 11.6 Å². The number of nitriles is 1. The van der Waals surface area contributed by atoms with Gasteiger partial charge in [0.1, 0.15) is 0 Å². The van der Waals surface area contributed by atoms with Gasteiger partial charge in [-0.3, -0.25) is 9.69 Å². The quantitative estimate of drug-likeness (QED) is 0.744. The Labute approximate surface area is 108 Å². The van der Waals surface area contributed by atoms with Gasteiger partial charge >= 0.3 is 5.97 Å². The molecule has 0 unspecified atom stereocenters. The van der Waals surface area contributed by atoms with Gasteiger partial charge < -0.3 is 10.2 Å². The van der Waals surface area contributed by atoms with Crippen LogP contribution in [0, 0.1) is 17.2 Å². The fraction of sp³-hybridized carbons (Fsp3) is 0.846. The molecule has 0 amide bonds. The van der Waals surface area contributed by atoms with Gasteiger partial charge in [0.15, 0.2) is 0 Å². The molecule has 0 bridgehead atoms. The van der Waals surface area contributed by atoms with E-state index in [1.165, 1.54) is 0 Å². The molecule has 1 aliphatic rings. The maximum absolute atomic E-state index is 10.9. The molecule has 0 aliphatic heterocycles. The summed E-state index contributed by atoms with van der Waals surface area (Å²) in [6.07, 6.45) is 2.62. The number of hydrogen-bond acceptors (Lipinski definition) is 4. The largest absolute Gasteiger partial charge is 0.481 e. The number of hydrogen-bond donors (Lipinski definition) is 2. The minimum absolute atomic E-state index is 0.306. The van der Waals surface area contributed by atoms with Crippen LogP contribution in [-0.4, -0.2) is 46.3 Å². The molecule has 0 aromatic rings. The number of likely N-dealkylation sites (N-methyl/N-ethyl adjacent to an activating group) is 1. The van der Waals surface area contributed by atoms with Gasteiger partial charge in [0.25, 0.3) is 0 Å². The van der Waals surface area contributed by atoms with Crippen LogP contribution in [0.25, 0.3) is 0 Å². The second-order valence-electron chi connectivity index (χ2n) is 5.11. The van der Waals surface area contributed by atoms with E-state index in [1.807, 2.05) is 6.92 Å². The van der Waals surface area contributed by atoms with E-state index in [0.717, 1.165) is 6.54 Å². The van der Waals surface area contributed by atoms with E-state index in [1.54, 1.807) is 0 Å². The van der Waals surface area contributed by atoms with Gasteiger partial charge in [-0.05, 0) is 32.2 Å². The Kier molecular flexibility index (Phi) is 5.57. The highest BCUT2D eigenvalue weighted by atomic mass is 16.4. The molecule has 1 fully saturated rings. The molecule has 0 saturated heterocycles. The summed E-state index contributed by atoms with van der Waals surface area (Å²) in [6, 6.07) is 2.10. The van der Waals surface area contributed by atoms with E-state index in [4.69, 9.17) is 10.4 Å². The Morgan fingerprint density at radius 1 is 1.50 bits per heavy atom. The van der Waals surface area contributed by atoms with Crippen molar-refractivity contribution in [1.29, 1.82) is 5.26 Å². The van der Waals surface area contributed by atoms with Crippen LogP contribution in [0.3, 0.4) is 0 Å². The summed E-state index contributed by atoms with van der Waals surface area (Å²) in [5.74, 6) is -1.06. The van der Waals surface area contributed by atoms with Gasteiger partial charge in [0.05, 0.1) is 17.6 Å². The summed E-state index contributed by atoms with van der Waals surface area (Å²) in [4.78, 5) is 12.9. The van der Waals surface area contributed by atoms with Crippen LogP contribution in [0.4, 0.5) is 0 Å². The normalized spacial score (nSPS) is 28.0. The van der Waals surface area contributed by atoms with Crippen molar-refractivity contribution in [1.82, 2.24) is 4.90 Å². The summed E-state index contributed by atoms with van der Waals surface area (Å²) in [6.45, 7) is 4.01. The van der Waals surface area contributed by atoms with Crippen LogP contribution < -0.4 is 0 Å². The molecule has 5 nitrogen and oxygen atoms in total. The number of carbonyl (C=O) groups is 1. The van der Waals surface area contributed by atoms with Gasteiger partial charge in [0, 0.05) is 19.5 Å². The summed E-state index contributed by atoms with van der Waals surface area (Å²) in [5.41, 5.74) is -0.780. The minimum atomic E-state index is -0.780. The van der Waals surface area contributed by atoms with Crippen molar-refractivity contribution in [3.63, 3.8) is 0 Å². The molecular weight excluding hydrogens is 232 g/mol. The van der Waals surface area contributed by atoms with Crippen molar-refractivity contribution in [3.05, 3.63) is 0 Å². The third-order valence-corrected chi connectivity index (χ3v) is 3.77. The molecule has 102 valence electrons. The van der Waals surface area contributed by atoms with Crippen LogP contribution in [0.2, 0.25) is 0 Å². The van der Waals surface area contributed by atoms with Gasteiger partial charge in [-0.2, -0.15) is 5.26 Å². The Bertz CT molecular complexity index is 317. The SMILES string of the molecule is CCN(CCC#N)CC1(O)CCC(C(=O)O)CC1. The molecule has 18 heavy (non-hydrogen) atoms. The van der Waals surface area contributed by atoms with Crippen molar-refractivity contribution in [2.45, 2.75) is 44.6 Å². The minimum Gasteiger partial charge on any atom is -0.481 e. The molecule has 0 heterocycles. The van der Waals surface area contributed by atoms with Gasteiger partial charge in [0.2, 0.25) is 0 Å². The summed E-state index contributed by atoms with van der Waals surface area (Å²) in [5, 5.41) is 28.0. The second kappa shape index (κ2) is 6.72. The van der Waals surface area contributed by atoms with Gasteiger partial charge in [-0.25, -0.2) is 0 Å². The molecule has 0 aromatic heterocycles. The first-order valence-electron chi connectivity index (χ1n) is 6.55. The molecule has 0 spiro atoms. The van der Waals surface area contributed by atoms with Gasteiger partial charge in [-0.1, -0.05) is 6.92 Å². The van der Waals surface area contributed by atoms with Crippen molar-refractivity contribution in [2.24, 2.45) is 5.92 Å². The average Bonchev–Trinajstić information content (AvgIpc) is 2.35. The summed E-state index contributed by atoms with van der Waals surface area (Å²) >= 11 is 0. The molecule has 0 atom stereocenters. The fourth-order valence-electron chi connectivity index (χ4n) is 2.53. The Morgan fingerprint density at radius 2 is 2.11 bits per heavy atom. The maximum atomic E-state index is 10.9. The zero-order chi connectivity index (χ0) is 13.6. The van der Waals surface area contributed by atoms with Crippen LogP contribution in [-0.2, 0) is 4.79 Å². The molecule has 1 rings (SSSR count). The summed E-state index contributed by atoms with van der Waals surface area (Å²) in [7, 11) is 0. The average molecular weight is 254 g/mol. The highest BCUT2D eigenvalue weighted by molar-refractivity contribution is 5.70. The number of carboxylic acids is 1. The number of carboxylic acid groups (broad SMARTS) is 1. The zero-order valence-corrected chi connectivity index (χ0v) is 10.9. The standard InChI is InChI=1S/C13H22N2O3/c1-2-15(9-3-8-14)10-13(18)6-4-11(5-7-13)12(16)17/h11,18H,2-7,9-10H2,1H3,(H,16,17). The predicted octanol–water partition coefficient (Wildman–Crippen LogP) is 1.23. The van der Waals surface area contributed by atoms with Crippen molar-refractivity contribution < 1.29 is 15.0 Å². The Balaban J connectivity index is 2.46. The van der Waals surface area contributed by atoms with Crippen molar-refractivity contribution in [2.75, 3.05) is 19.6 Å². The van der Waals surface area contributed by atoms with E-state index >= 15 is 0 Å². The number of aliphatic hydroxyl groups is 1. The number of aliphatic carboxylic acids is 1. The van der Waals surface area contributed by atoms with E-state index in [9.17, 15) is 9.90 Å². The molecule has 1 saturated carbocycles. The lowest BCUT2D eigenvalue weighted by Gasteiger charge is -2.38. The highest BCUT2D eigenvalue weighted by Gasteiger charge is 2.36. The molecule has 0 aromatic carbocycles. The van der Waals surface area contributed by atoms with E-state index in [0.29, 0.717) is 45.2 Å². The summed E-state index contributed by atoms with van der Waals surface area (Å²) < 4.78 is 0.